The Kier molecular flexibility index (Phi) is 4.14. The largest absolute Gasteiger partial charge is 0.343 e. The van der Waals surface area contributed by atoms with Crippen LogP contribution in [-0.4, -0.2) is 19.5 Å². The van der Waals surface area contributed by atoms with Gasteiger partial charge in [-0.3, -0.25) is 0 Å². The molecule has 1 N–H and O–H groups in total. The lowest BCUT2D eigenvalue weighted by atomic mass is 10.2. The van der Waals surface area contributed by atoms with Crippen molar-refractivity contribution in [1.82, 2.24) is 19.5 Å². The first-order chi connectivity index (χ1) is 13.8. The normalized spacial score (nSPS) is 11.2. The SMILES string of the molecule is Clc1cc2c(Nc3ccc4c(ccn4Cc4ccccc4)c3)ncnc2cn1. The van der Waals surface area contributed by atoms with Crippen LogP contribution in [0.4, 0.5) is 11.5 Å². The van der Waals surface area contributed by atoms with Crippen LogP contribution in [0.3, 0.4) is 0 Å². The van der Waals surface area contributed by atoms with E-state index in [2.05, 4.69) is 79.6 Å². The highest BCUT2D eigenvalue weighted by Crippen LogP contribution is 2.27. The molecule has 5 nitrogen and oxygen atoms in total. The summed E-state index contributed by atoms with van der Waals surface area (Å²) in [5.74, 6) is 0.706. The van der Waals surface area contributed by atoms with E-state index in [1.165, 1.54) is 22.8 Å². The molecule has 0 radical (unpaired) electrons. The molecule has 136 valence electrons. The summed E-state index contributed by atoms with van der Waals surface area (Å²) < 4.78 is 2.25. The second-order valence-electron chi connectivity index (χ2n) is 6.57. The molecule has 2 aromatic carbocycles. The zero-order chi connectivity index (χ0) is 18.9. The third-order valence-corrected chi connectivity index (χ3v) is 4.92. The average molecular weight is 386 g/mol. The van der Waals surface area contributed by atoms with E-state index in [1.807, 2.05) is 6.07 Å². The number of nitrogens with one attached hydrogen (secondary N) is 1. The molecular formula is C22H16ClN5. The lowest BCUT2D eigenvalue weighted by Gasteiger charge is -2.10. The van der Waals surface area contributed by atoms with Crippen LogP contribution in [0.2, 0.25) is 5.15 Å². The van der Waals surface area contributed by atoms with Gasteiger partial charge in [-0.1, -0.05) is 41.9 Å². The maximum atomic E-state index is 6.04. The molecule has 0 fully saturated rings. The Labute approximate surface area is 166 Å². The second kappa shape index (κ2) is 6.94. The summed E-state index contributed by atoms with van der Waals surface area (Å²) in [6.07, 6.45) is 5.29. The number of fused-ring (bicyclic) bond motifs is 2. The van der Waals surface area contributed by atoms with Crippen LogP contribution in [0.5, 0.6) is 0 Å². The minimum atomic E-state index is 0.416. The number of halogens is 1. The van der Waals surface area contributed by atoms with E-state index in [0.717, 1.165) is 23.1 Å². The maximum Gasteiger partial charge on any atom is 0.141 e. The number of hydrogen-bond donors (Lipinski definition) is 1. The fourth-order valence-electron chi connectivity index (χ4n) is 3.37. The van der Waals surface area contributed by atoms with E-state index in [9.17, 15) is 0 Å². The number of anilines is 2. The topological polar surface area (TPSA) is 55.6 Å². The molecule has 0 bridgehead atoms. The van der Waals surface area contributed by atoms with Crippen molar-refractivity contribution in [1.29, 1.82) is 0 Å². The molecule has 3 heterocycles. The van der Waals surface area contributed by atoms with Crippen molar-refractivity contribution < 1.29 is 0 Å². The predicted octanol–water partition coefficient (Wildman–Crippen LogP) is 5.42. The Bertz CT molecular complexity index is 1280. The third-order valence-electron chi connectivity index (χ3n) is 4.72. The van der Waals surface area contributed by atoms with Crippen LogP contribution in [0.1, 0.15) is 5.56 Å². The van der Waals surface area contributed by atoms with E-state index in [-0.39, 0.29) is 0 Å². The molecule has 0 amide bonds. The Hall–Kier alpha value is -3.44. The molecule has 0 aliphatic rings. The summed E-state index contributed by atoms with van der Waals surface area (Å²) >= 11 is 6.04. The molecule has 28 heavy (non-hydrogen) atoms. The lowest BCUT2D eigenvalue weighted by Crippen LogP contribution is -1.98. The molecule has 0 unspecified atom stereocenters. The molecule has 0 spiro atoms. The highest BCUT2D eigenvalue weighted by atomic mass is 35.5. The van der Waals surface area contributed by atoms with Gasteiger partial charge in [-0.2, -0.15) is 0 Å². The van der Waals surface area contributed by atoms with Crippen molar-refractivity contribution in [2.24, 2.45) is 0 Å². The number of benzene rings is 2. The van der Waals surface area contributed by atoms with Gasteiger partial charge in [-0.15, -0.1) is 0 Å². The average Bonchev–Trinajstić information content (AvgIpc) is 3.11. The summed E-state index contributed by atoms with van der Waals surface area (Å²) in [6, 6.07) is 20.6. The Morgan fingerprint density at radius 3 is 2.71 bits per heavy atom. The fourth-order valence-corrected chi connectivity index (χ4v) is 3.52. The van der Waals surface area contributed by atoms with Crippen molar-refractivity contribution in [3.8, 4) is 0 Å². The predicted molar refractivity (Wildman–Crippen MR) is 113 cm³/mol. The van der Waals surface area contributed by atoms with E-state index in [0.29, 0.717) is 11.0 Å². The first kappa shape index (κ1) is 16.7. The highest BCUT2D eigenvalue weighted by Gasteiger charge is 2.08. The van der Waals surface area contributed by atoms with Crippen LogP contribution >= 0.6 is 11.6 Å². The van der Waals surface area contributed by atoms with E-state index in [4.69, 9.17) is 11.6 Å². The van der Waals surface area contributed by atoms with E-state index < -0.39 is 0 Å². The van der Waals surface area contributed by atoms with Gasteiger partial charge in [-0.05, 0) is 35.9 Å². The summed E-state index contributed by atoms with van der Waals surface area (Å²) in [4.78, 5) is 12.7. The minimum Gasteiger partial charge on any atom is -0.343 e. The number of hydrogen-bond acceptors (Lipinski definition) is 4. The van der Waals surface area contributed by atoms with Crippen molar-refractivity contribution in [3.63, 3.8) is 0 Å². The molecule has 0 atom stereocenters. The van der Waals surface area contributed by atoms with Gasteiger partial charge in [0, 0.05) is 34.7 Å². The number of rotatable bonds is 4. The number of aromatic nitrogens is 4. The van der Waals surface area contributed by atoms with Gasteiger partial charge in [0.1, 0.15) is 17.3 Å². The van der Waals surface area contributed by atoms with Crippen molar-refractivity contribution in [2.45, 2.75) is 6.54 Å². The quantitative estimate of drug-likeness (QED) is 0.419. The Morgan fingerprint density at radius 2 is 1.82 bits per heavy atom. The van der Waals surface area contributed by atoms with E-state index >= 15 is 0 Å². The monoisotopic (exact) mass is 385 g/mol. The number of nitrogens with zero attached hydrogens (tertiary/aromatic N) is 4. The van der Waals surface area contributed by atoms with Gasteiger partial charge in [-0.25, -0.2) is 15.0 Å². The summed E-state index contributed by atoms with van der Waals surface area (Å²) in [6.45, 7) is 0.846. The molecule has 0 aliphatic heterocycles. The molecule has 6 heteroatoms. The van der Waals surface area contributed by atoms with Gasteiger partial charge in [0.15, 0.2) is 0 Å². The molecule has 5 aromatic rings. The standard InChI is InChI=1S/C22H16ClN5/c23-21-11-18-19(12-24-21)25-14-26-22(18)27-17-6-7-20-16(10-17)8-9-28(20)13-15-4-2-1-3-5-15/h1-12,14H,13H2,(H,25,26,27). The summed E-state index contributed by atoms with van der Waals surface area (Å²) in [7, 11) is 0. The first-order valence-electron chi connectivity index (χ1n) is 8.92. The van der Waals surface area contributed by atoms with Gasteiger partial charge in [0.25, 0.3) is 0 Å². The molecule has 3 aromatic heterocycles. The third kappa shape index (κ3) is 3.17. The minimum absolute atomic E-state index is 0.416. The summed E-state index contributed by atoms with van der Waals surface area (Å²) in [5.41, 5.74) is 4.17. The summed E-state index contributed by atoms with van der Waals surface area (Å²) in [5, 5.41) is 5.80. The smallest absolute Gasteiger partial charge is 0.141 e. The molecule has 5 rings (SSSR count). The Balaban J connectivity index is 1.47. The molecular weight excluding hydrogens is 370 g/mol. The van der Waals surface area contributed by atoms with Crippen LogP contribution < -0.4 is 5.32 Å². The van der Waals surface area contributed by atoms with E-state index in [1.54, 1.807) is 12.3 Å². The second-order valence-corrected chi connectivity index (χ2v) is 6.96. The molecule has 0 saturated carbocycles. The lowest BCUT2D eigenvalue weighted by molar-refractivity contribution is 0.837. The van der Waals surface area contributed by atoms with Gasteiger partial charge < -0.3 is 9.88 Å². The first-order valence-corrected chi connectivity index (χ1v) is 9.30. The zero-order valence-corrected chi connectivity index (χ0v) is 15.6. The molecule has 0 saturated heterocycles. The van der Waals surface area contributed by atoms with Crippen LogP contribution in [0.25, 0.3) is 21.8 Å². The van der Waals surface area contributed by atoms with Gasteiger partial charge in [0.05, 0.1) is 11.7 Å². The van der Waals surface area contributed by atoms with Crippen molar-refractivity contribution in [3.05, 3.63) is 90.1 Å². The maximum absolute atomic E-state index is 6.04. The van der Waals surface area contributed by atoms with Crippen molar-refractivity contribution in [2.75, 3.05) is 5.32 Å². The highest BCUT2D eigenvalue weighted by molar-refractivity contribution is 6.30. The van der Waals surface area contributed by atoms with Crippen LogP contribution in [0.15, 0.2) is 79.4 Å². The zero-order valence-electron chi connectivity index (χ0n) is 14.9. The van der Waals surface area contributed by atoms with Gasteiger partial charge >= 0.3 is 0 Å². The Morgan fingerprint density at radius 1 is 0.929 bits per heavy atom. The van der Waals surface area contributed by atoms with Crippen molar-refractivity contribution >= 4 is 44.9 Å². The van der Waals surface area contributed by atoms with Crippen LogP contribution in [-0.2, 0) is 6.54 Å². The number of pyridine rings is 1. The van der Waals surface area contributed by atoms with Gasteiger partial charge in [0.2, 0.25) is 0 Å². The molecule has 0 aliphatic carbocycles. The fraction of sp³-hybridized carbons (Fsp3) is 0.0455. The van der Waals surface area contributed by atoms with Crippen LogP contribution in [0, 0.1) is 0 Å².